The summed E-state index contributed by atoms with van der Waals surface area (Å²) in [5, 5.41) is 0. The summed E-state index contributed by atoms with van der Waals surface area (Å²) in [4.78, 5) is 4.25. The molecule has 0 bridgehead atoms. The average molecular weight is 151 g/mol. The van der Waals surface area contributed by atoms with Crippen molar-refractivity contribution in [3.05, 3.63) is 30.1 Å². The van der Waals surface area contributed by atoms with Crippen LogP contribution < -0.4 is 0 Å². The van der Waals surface area contributed by atoms with E-state index in [1.165, 1.54) is 11.7 Å². The summed E-state index contributed by atoms with van der Waals surface area (Å²) in [5.41, 5.74) is 1.25. The van der Waals surface area contributed by atoms with Gasteiger partial charge in [-0.05, 0) is 18.2 Å². The summed E-state index contributed by atoms with van der Waals surface area (Å²) >= 11 is 0. The number of rotatable bonds is 2. The highest BCUT2D eigenvalue weighted by Gasteiger charge is 1.97. The molecule has 1 aromatic rings. The van der Waals surface area contributed by atoms with Crippen LogP contribution in [0.3, 0.4) is 0 Å². The average Bonchev–Trinajstić information content (AvgIpc) is 1.88. The first-order valence-electron chi connectivity index (χ1n) is 3.69. The van der Waals surface area contributed by atoms with Gasteiger partial charge in [0.15, 0.2) is 0 Å². The second-order valence-electron chi connectivity index (χ2n) is 2.92. The molecule has 0 saturated carbocycles. The number of aromatic nitrogens is 1. The maximum absolute atomic E-state index is 4.25. The third-order valence-corrected chi connectivity index (χ3v) is 2.58. The van der Waals surface area contributed by atoms with Crippen molar-refractivity contribution < 1.29 is 0 Å². The lowest BCUT2D eigenvalue weighted by Gasteiger charge is -2.00. The first-order valence-corrected chi connectivity index (χ1v) is 6.81. The van der Waals surface area contributed by atoms with Gasteiger partial charge in [0.2, 0.25) is 0 Å². The molecule has 0 aromatic carbocycles. The van der Waals surface area contributed by atoms with Crippen molar-refractivity contribution in [3.8, 4) is 0 Å². The van der Waals surface area contributed by atoms with Gasteiger partial charge in [0.1, 0.15) is 0 Å². The Bertz CT molecular complexity index is 184. The smallest absolute Gasteiger partial charge is 0.0374 e. The molecule has 0 spiro atoms. The van der Waals surface area contributed by atoms with Gasteiger partial charge >= 0.3 is 0 Å². The molecule has 0 fully saturated rings. The molecule has 0 unspecified atom stereocenters. The van der Waals surface area contributed by atoms with Crippen LogP contribution in [0.2, 0.25) is 13.1 Å². The fourth-order valence-electron chi connectivity index (χ4n) is 0.937. The van der Waals surface area contributed by atoms with Crippen LogP contribution in [0.5, 0.6) is 0 Å². The quantitative estimate of drug-likeness (QED) is 0.586. The zero-order valence-corrected chi connectivity index (χ0v) is 7.70. The minimum Gasteiger partial charge on any atom is -0.262 e. The van der Waals surface area contributed by atoms with E-state index in [1.54, 1.807) is 0 Å². The molecule has 10 heavy (non-hydrogen) atoms. The highest BCUT2D eigenvalue weighted by Crippen LogP contribution is 1.96. The topological polar surface area (TPSA) is 12.9 Å². The zero-order chi connectivity index (χ0) is 7.40. The Labute approximate surface area is 63.7 Å². The van der Waals surface area contributed by atoms with Crippen molar-refractivity contribution in [3.63, 3.8) is 0 Å². The van der Waals surface area contributed by atoms with Crippen LogP contribution in [0.1, 0.15) is 5.69 Å². The summed E-state index contributed by atoms with van der Waals surface area (Å²) < 4.78 is 0. The molecular formula is C8H13NSi. The largest absolute Gasteiger partial charge is 0.262 e. The van der Waals surface area contributed by atoms with Gasteiger partial charge < -0.3 is 0 Å². The van der Waals surface area contributed by atoms with Crippen molar-refractivity contribution >= 4 is 8.80 Å². The number of pyridine rings is 1. The van der Waals surface area contributed by atoms with E-state index < -0.39 is 8.80 Å². The molecule has 0 radical (unpaired) electrons. The summed E-state index contributed by atoms with van der Waals surface area (Å²) in [6, 6.07) is 7.35. The van der Waals surface area contributed by atoms with Gasteiger partial charge in [-0.1, -0.05) is 19.2 Å². The summed E-state index contributed by atoms with van der Waals surface area (Å²) in [7, 11) is -0.460. The summed E-state index contributed by atoms with van der Waals surface area (Å²) in [5.74, 6) is 0. The van der Waals surface area contributed by atoms with Crippen LogP contribution >= 0.6 is 0 Å². The molecule has 0 amide bonds. The van der Waals surface area contributed by atoms with Gasteiger partial charge in [0.25, 0.3) is 0 Å². The van der Waals surface area contributed by atoms with Gasteiger partial charge in [0, 0.05) is 20.7 Å². The fraction of sp³-hybridized carbons (Fsp3) is 0.375. The molecule has 0 N–H and O–H groups in total. The second-order valence-corrected chi connectivity index (χ2v) is 6.11. The lowest BCUT2D eigenvalue weighted by Crippen LogP contribution is -2.06. The number of hydrogen-bond acceptors (Lipinski definition) is 1. The molecule has 1 aromatic heterocycles. The van der Waals surface area contributed by atoms with Crippen molar-refractivity contribution in [1.29, 1.82) is 0 Å². The fourth-order valence-corrected chi connectivity index (χ4v) is 2.02. The minimum absolute atomic E-state index is 0.460. The van der Waals surface area contributed by atoms with E-state index in [0.29, 0.717) is 0 Å². The molecule has 0 saturated heterocycles. The Hall–Kier alpha value is -0.633. The molecule has 1 heterocycles. The predicted octanol–water partition coefficient (Wildman–Crippen LogP) is 1.65. The molecule has 0 atom stereocenters. The van der Waals surface area contributed by atoms with Gasteiger partial charge in [-0.15, -0.1) is 0 Å². The monoisotopic (exact) mass is 151 g/mol. The highest BCUT2D eigenvalue weighted by molar-refractivity contribution is 6.55. The molecule has 0 aliphatic rings. The maximum Gasteiger partial charge on any atom is 0.0374 e. The molecule has 0 aliphatic heterocycles. The second kappa shape index (κ2) is 3.51. The lowest BCUT2D eigenvalue weighted by atomic mass is 10.4. The van der Waals surface area contributed by atoms with Crippen LogP contribution in [-0.2, 0) is 6.04 Å². The Kier molecular flexibility index (Phi) is 2.63. The zero-order valence-electron chi connectivity index (χ0n) is 6.54. The summed E-state index contributed by atoms with van der Waals surface area (Å²) in [6.07, 6.45) is 1.87. The van der Waals surface area contributed by atoms with E-state index in [2.05, 4.69) is 30.2 Å². The van der Waals surface area contributed by atoms with Crippen molar-refractivity contribution in [2.24, 2.45) is 0 Å². The Balaban J connectivity index is 2.59. The van der Waals surface area contributed by atoms with E-state index >= 15 is 0 Å². The lowest BCUT2D eigenvalue weighted by molar-refractivity contribution is 1.15. The van der Waals surface area contributed by atoms with E-state index in [9.17, 15) is 0 Å². The SMILES string of the molecule is C[SiH](C)Cc1ccccn1. The van der Waals surface area contributed by atoms with Crippen molar-refractivity contribution in [2.75, 3.05) is 0 Å². The van der Waals surface area contributed by atoms with Crippen molar-refractivity contribution in [2.45, 2.75) is 19.1 Å². The van der Waals surface area contributed by atoms with Crippen LogP contribution in [0, 0.1) is 0 Å². The molecule has 1 rings (SSSR count). The molecule has 54 valence electrons. The van der Waals surface area contributed by atoms with Crippen LogP contribution in [0.25, 0.3) is 0 Å². The third kappa shape index (κ3) is 2.31. The molecule has 1 nitrogen and oxygen atoms in total. The first kappa shape index (κ1) is 7.47. The Morgan fingerprint density at radius 2 is 2.20 bits per heavy atom. The minimum atomic E-state index is -0.460. The standard InChI is InChI=1S/C8H13NSi/c1-10(2)7-8-5-3-4-6-9-8/h3-6,10H,7H2,1-2H3. The van der Waals surface area contributed by atoms with Gasteiger partial charge in [-0.3, -0.25) is 4.98 Å². The molecule has 0 aliphatic carbocycles. The van der Waals surface area contributed by atoms with E-state index in [0.717, 1.165) is 0 Å². The van der Waals surface area contributed by atoms with Crippen molar-refractivity contribution in [1.82, 2.24) is 4.98 Å². The van der Waals surface area contributed by atoms with Crippen LogP contribution in [-0.4, -0.2) is 13.8 Å². The summed E-state index contributed by atoms with van der Waals surface area (Å²) in [6.45, 7) is 4.68. The molecular weight excluding hydrogens is 138 g/mol. The van der Waals surface area contributed by atoms with Crippen LogP contribution in [0.15, 0.2) is 24.4 Å². The van der Waals surface area contributed by atoms with E-state index in [-0.39, 0.29) is 0 Å². The Morgan fingerprint density at radius 3 is 2.70 bits per heavy atom. The van der Waals surface area contributed by atoms with Gasteiger partial charge in [0.05, 0.1) is 0 Å². The van der Waals surface area contributed by atoms with E-state index in [1.807, 2.05) is 12.3 Å². The number of hydrogen-bond donors (Lipinski definition) is 0. The molecule has 2 heteroatoms. The van der Waals surface area contributed by atoms with Gasteiger partial charge in [-0.2, -0.15) is 0 Å². The predicted molar refractivity (Wildman–Crippen MR) is 46.8 cm³/mol. The van der Waals surface area contributed by atoms with Gasteiger partial charge in [-0.25, -0.2) is 0 Å². The maximum atomic E-state index is 4.25. The Morgan fingerprint density at radius 1 is 1.40 bits per heavy atom. The normalized spacial score (nSPS) is 10.3. The first-order chi connectivity index (χ1) is 4.79. The van der Waals surface area contributed by atoms with Crippen LogP contribution in [0.4, 0.5) is 0 Å². The highest BCUT2D eigenvalue weighted by atomic mass is 28.3. The van der Waals surface area contributed by atoms with E-state index in [4.69, 9.17) is 0 Å². The third-order valence-electron chi connectivity index (χ3n) is 1.34. The number of nitrogens with zero attached hydrogens (tertiary/aromatic N) is 1.